The number of carbonyl (C=O) groups is 3. The third kappa shape index (κ3) is 4.16. The number of amides is 3. The van der Waals surface area contributed by atoms with E-state index in [0.717, 1.165) is 39.9 Å². The fourth-order valence-electron chi connectivity index (χ4n) is 4.47. The average molecular weight is 481 g/mol. The number of hydrogen-bond donors (Lipinski definition) is 1. The Labute approximate surface area is 203 Å². The van der Waals surface area contributed by atoms with Crippen LogP contribution >= 0.6 is 11.8 Å². The zero-order valence-corrected chi connectivity index (χ0v) is 20.8. The lowest BCUT2D eigenvalue weighted by Crippen LogP contribution is -2.48. The molecular weight excluding hydrogens is 452 g/mol. The van der Waals surface area contributed by atoms with E-state index in [1.165, 1.54) is 18.9 Å². The molecule has 0 fully saturated rings. The predicted molar refractivity (Wildman–Crippen MR) is 133 cm³/mol. The van der Waals surface area contributed by atoms with Gasteiger partial charge in [-0.3, -0.25) is 14.4 Å². The van der Waals surface area contributed by atoms with E-state index in [4.69, 9.17) is 4.74 Å². The van der Waals surface area contributed by atoms with Gasteiger partial charge in [-0.05, 0) is 62.2 Å². The van der Waals surface area contributed by atoms with Gasteiger partial charge in [0.05, 0.1) is 12.3 Å². The second-order valence-electron chi connectivity index (χ2n) is 8.62. The normalized spacial score (nSPS) is 18.9. The number of nitrogens with one attached hydrogen (secondary N) is 1. The smallest absolute Gasteiger partial charge is 0.270 e. The summed E-state index contributed by atoms with van der Waals surface area (Å²) < 4.78 is 5.88. The van der Waals surface area contributed by atoms with E-state index >= 15 is 0 Å². The Bertz CT molecular complexity index is 1210. The molecule has 2 aromatic carbocycles. The second-order valence-corrected chi connectivity index (χ2v) is 9.80. The van der Waals surface area contributed by atoms with Gasteiger partial charge < -0.3 is 15.0 Å². The van der Waals surface area contributed by atoms with Crippen LogP contribution in [-0.2, 0) is 19.3 Å². The Balaban J connectivity index is 1.64. The Hall–Kier alpha value is -3.33. The summed E-state index contributed by atoms with van der Waals surface area (Å²) in [6.07, 6.45) is 0.604. The molecule has 8 nitrogen and oxygen atoms in total. The minimum atomic E-state index is -1.38. The first-order chi connectivity index (χ1) is 16.1. The minimum Gasteiger partial charge on any atom is -0.494 e. The highest BCUT2D eigenvalue weighted by molar-refractivity contribution is 8.15. The Morgan fingerprint density at radius 2 is 1.88 bits per heavy atom. The molecule has 2 aliphatic heterocycles. The number of aryl methyl sites for hydroxylation is 3. The van der Waals surface area contributed by atoms with Crippen molar-refractivity contribution in [3.63, 3.8) is 0 Å². The molecule has 2 aliphatic rings. The highest BCUT2D eigenvalue weighted by Gasteiger charge is 2.61. The molecule has 3 amide bonds. The van der Waals surface area contributed by atoms with E-state index in [9.17, 15) is 14.4 Å². The van der Waals surface area contributed by atoms with Gasteiger partial charge in [0.2, 0.25) is 16.7 Å². The SMILES string of the molecule is CC(=O)NC1=NN(C(C)=O)C2(S1)C(=O)N(CCCOc1cccc(C)c1)c1c(C)cc(C)cc12. The van der Waals surface area contributed by atoms with Gasteiger partial charge in [0.25, 0.3) is 5.91 Å². The van der Waals surface area contributed by atoms with Gasteiger partial charge in [-0.15, -0.1) is 5.10 Å². The quantitative estimate of drug-likeness (QED) is 0.661. The summed E-state index contributed by atoms with van der Waals surface area (Å²) in [6, 6.07) is 11.8. The molecule has 9 heteroatoms. The van der Waals surface area contributed by atoms with E-state index in [-0.39, 0.29) is 22.9 Å². The standard InChI is InChI=1S/C25H28N4O4S/c1-15-8-6-9-20(13-15)33-11-7-10-28-22-17(3)12-16(2)14-21(22)25(23(28)32)29(19(5)31)27-24(34-25)26-18(4)30/h6,8-9,12-14H,7,10-11H2,1-5H3,(H,26,27,30). The Morgan fingerprint density at radius 1 is 1.12 bits per heavy atom. The van der Waals surface area contributed by atoms with E-state index in [0.29, 0.717) is 25.1 Å². The average Bonchev–Trinajstić information content (AvgIpc) is 3.23. The summed E-state index contributed by atoms with van der Waals surface area (Å²) in [5, 5.41) is 8.38. The van der Waals surface area contributed by atoms with Crippen LogP contribution < -0.4 is 15.0 Å². The molecule has 0 aliphatic carbocycles. The lowest BCUT2D eigenvalue weighted by Gasteiger charge is -2.29. The van der Waals surface area contributed by atoms with E-state index < -0.39 is 4.87 Å². The largest absolute Gasteiger partial charge is 0.494 e. The molecule has 1 N–H and O–H groups in total. The number of anilines is 1. The molecule has 0 aromatic heterocycles. The highest BCUT2D eigenvalue weighted by Crippen LogP contribution is 2.55. The number of hydrogen-bond acceptors (Lipinski definition) is 6. The maximum atomic E-state index is 14.0. The van der Waals surface area contributed by atoms with Crippen molar-refractivity contribution < 1.29 is 19.1 Å². The van der Waals surface area contributed by atoms with Gasteiger partial charge in [-0.25, -0.2) is 0 Å². The van der Waals surface area contributed by atoms with Crippen LogP contribution in [0.15, 0.2) is 41.5 Å². The molecule has 0 radical (unpaired) electrons. The van der Waals surface area contributed by atoms with Gasteiger partial charge in [-0.1, -0.05) is 29.8 Å². The van der Waals surface area contributed by atoms with E-state index in [1.54, 1.807) is 4.90 Å². The first kappa shape index (κ1) is 23.8. The lowest BCUT2D eigenvalue weighted by molar-refractivity contribution is -0.139. The summed E-state index contributed by atoms with van der Waals surface area (Å²) in [5.74, 6) is -0.158. The number of amidine groups is 1. The zero-order valence-electron chi connectivity index (χ0n) is 20.0. The van der Waals surface area contributed by atoms with Gasteiger partial charge >= 0.3 is 0 Å². The number of hydrazone groups is 1. The third-order valence-corrected chi connectivity index (χ3v) is 6.95. The molecular formula is C25H28N4O4S. The number of carbonyl (C=O) groups excluding carboxylic acids is 3. The van der Waals surface area contributed by atoms with E-state index in [2.05, 4.69) is 10.4 Å². The molecule has 1 unspecified atom stereocenters. The van der Waals surface area contributed by atoms with E-state index in [1.807, 2.05) is 57.2 Å². The summed E-state index contributed by atoms with van der Waals surface area (Å²) in [6.45, 7) is 9.53. The van der Waals surface area contributed by atoms with Crippen LogP contribution in [0.1, 0.15) is 42.5 Å². The van der Waals surface area contributed by atoms with Gasteiger partial charge in [0.1, 0.15) is 5.75 Å². The molecule has 2 heterocycles. The van der Waals surface area contributed by atoms with Crippen LogP contribution in [0.4, 0.5) is 5.69 Å². The molecule has 0 saturated carbocycles. The van der Waals surface area contributed by atoms with Crippen molar-refractivity contribution >= 4 is 40.3 Å². The van der Waals surface area contributed by atoms with Crippen molar-refractivity contribution in [3.05, 3.63) is 58.7 Å². The molecule has 178 valence electrons. The van der Waals surface area contributed by atoms with Crippen LogP contribution in [0, 0.1) is 20.8 Å². The number of rotatable bonds is 5. The third-order valence-electron chi connectivity index (χ3n) is 5.71. The van der Waals surface area contributed by atoms with Crippen LogP contribution in [-0.4, -0.2) is 41.0 Å². The Morgan fingerprint density at radius 3 is 2.56 bits per heavy atom. The van der Waals surface area contributed by atoms with Crippen LogP contribution in [0.25, 0.3) is 0 Å². The van der Waals surface area contributed by atoms with Crippen LogP contribution in [0.3, 0.4) is 0 Å². The number of ether oxygens (including phenoxy) is 1. The highest BCUT2D eigenvalue weighted by atomic mass is 32.2. The van der Waals surface area contributed by atoms with Gasteiger partial charge in [-0.2, -0.15) is 5.01 Å². The van der Waals surface area contributed by atoms with Crippen LogP contribution in [0.5, 0.6) is 5.75 Å². The molecule has 2 aromatic rings. The van der Waals surface area contributed by atoms with Gasteiger partial charge in [0, 0.05) is 26.0 Å². The van der Waals surface area contributed by atoms with Crippen molar-refractivity contribution in [3.8, 4) is 5.75 Å². The number of fused-ring (bicyclic) bond motifs is 2. The fraction of sp³-hybridized carbons (Fsp3) is 0.360. The summed E-state index contributed by atoms with van der Waals surface area (Å²) in [5.41, 5.74) is 4.52. The van der Waals surface area contributed by atoms with Crippen molar-refractivity contribution in [2.75, 3.05) is 18.1 Å². The van der Waals surface area contributed by atoms with Crippen molar-refractivity contribution in [1.29, 1.82) is 0 Å². The molecule has 0 bridgehead atoms. The maximum absolute atomic E-state index is 14.0. The summed E-state index contributed by atoms with van der Waals surface area (Å²) in [4.78, 5) is 38.6. The summed E-state index contributed by atoms with van der Waals surface area (Å²) in [7, 11) is 0. The Kier molecular flexibility index (Phi) is 6.40. The van der Waals surface area contributed by atoms with Crippen molar-refractivity contribution in [2.24, 2.45) is 5.10 Å². The fourth-order valence-corrected chi connectivity index (χ4v) is 5.78. The molecule has 4 rings (SSSR count). The monoisotopic (exact) mass is 480 g/mol. The van der Waals surface area contributed by atoms with Crippen molar-refractivity contribution in [1.82, 2.24) is 10.3 Å². The zero-order chi connectivity index (χ0) is 24.6. The lowest BCUT2D eigenvalue weighted by atomic mass is 10.0. The van der Waals surface area contributed by atoms with Crippen LogP contribution in [0.2, 0.25) is 0 Å². The number of benzene rings is 2. The van der Waals surface area contributed by atoms with Gasteiger partial charge in [0.15, 0.2) is 5.17 Å². The molecule has 1 atom stereocenters. The minimum absolute atomic E-state index is 0.228. The number of nitrogens with zero attached hydrogens (tertiary/aromatic N) is 3. The molecule has 0 saturated heterocycles. The van der Waals surface area contributed by atoms with Crippen molar-refractivity contribution in [2.45, 2.75) is 45.9 Å². The number of thioether (sulfide) groups is 1. The first-order valence-corrected chi connectivity index (χ1v) is 11.9. The molecule has 34 heavy (non-hydrogen) atoms. The second kappa shape index (κ2) is 9.13. The topological polar surface area (TPSA) is 91.3 Å². The predicted octanol–water partition coefficient (Wildman–Crippen LogP) is 3.58. The maximum Gasteiger partial charge on any atom is 0.270 e. The first-order valence-electron chi connectivity index (χ1n) is 11.1. The molecule has 1 spiro atoms. The summed E-state index contributed by atoms with van der Waals surface area (Å²) >= 11 is 1.10.